The van der Waals surface area contributed by atoms with Crippen LogP contribution in [0.3, 0.4) is 0 Å². The van der Waals surface area contributed by atoms with Crippen molar-refractivity contribution < 1.29 is 14.7 Å². The van der Waals surface area contributed by atoms with E-state index in [1.165, 1.54) is 0 Å². The zero-order valence-electron chi connectivity index (χ0n) is 12.9. The Hall–Kier alpha value is -1.10. The van der Waals surface area contributed by atoms with Gasteiger partial charge >= 0.3 is 5.97 Å². The summed E-state index contributed by atoms with van der Waals surface area (Å²) in [5.74, 6) is -1.06. The first-order valence-corrected chi connectivity index (χ1v) is 7.46. The van der Waals surface area contributed by atoms with Gasteiger partial charge in [0, 0.05) is 6.54 Å². The Bertz CT molecular complexity index is 353. The van der Waals surface area contributed by atoms with E-state index in [0.29, 0.717) is 12.8 Å². The summed E-state index contributed by atoms with van der Waals surface area (Å²) in [4.78, 5) is 23.7. The maximum absolute atomic E-state index is 12.1. The topological polar surface area (TPSA) is 92.4 Å². The van der Waals surface area contributed by atoms with E-state index in [0.717, 1.165) is 25.7 Å². The molecule has 1 saturated carbocycles. The standard InChI is InChI=1S/C15H28N2O3/c1-14(2,3)11(16)12(18)17-10-15(13(19)20)8-6-4-5-7-9-15/h11H,4-10,16H2,1-3H3,(H,17,18)(H,19,20)/t11-/m0/s1. The minimum atomic E-state index is -0.816. The maximum atomic E-state index is 12.1. The fourth-order valence-electron chi connectivity index (χ4n) is 2.63. The van der Waals surface area contributed by atoms with Crippen LogP contribution in [-0.2, 0) is 9.59 Å². The van der Waals surface area contributed by atoms with Crippen LogP contribution in [0.15, 0.2) is 0 Å². The van der Waals surface area contributed by atoms with Gasteiger partial charge in [-0.2, -0.15) is 0 Å². The lowest BCUT2D eigenvalue weighted by atomic mass is 9.80. The molecule has 0 bridgehead atoms. The van der Waals surface area contributed by atoms with E-state index >= 15 is 0 Å². The number of carboxylic acid groups (broad SMARTS) is 1. The molecule has 1 aliphatic carbocycles. The van der Waals surface area contributed by atoms with Crippen LogP contribution in [0.25, 0.3) is 0 Å². The Balaban J connectivity index is 2.68. The first kappa shape index (κ1) is 17.0. The average Bonchev–Trinajstić information content (AvgIpc) is 2.60. The monoisotopic (exact) mass is 284 g/mol. The molecular weight excluding hydrogens is 256 g/mol. The van der Waals surface area contributed by atoms with Crippen molar-refractivity contribution in [3.63, 3.8) is 0 Å². The summed E-state index contributed by atoms with van der Waals surface area (Å²) in [6, 6.07) is -0.626. The van der Waals surface area contributed by atoms with E-state index in [1.54, 1.807) is 0 Å². The summed E-state index contributed by atoms with van der Waals surface area (Å²) in [6.07, 6.45) is 5.23. The Labute approximate surface area is 121 Å². The second-order valence-corrected chi connectivity index (χ2v) is 7.06. The summed E-state index contributed by atoms with van der Waals surface area (Å²) in [5.41, 5.74) is 4.76. The highest BCUT2D eigenvalue weighted by Crippen LogP contribution is 2.35. The molecule has 5 nitrogen and oxygen atoms in total. The normalized spacial score (nSPS) is 20.8. The second kappa shape index (κ2) is 6.57. The lowest BCUT2D eigenvalue weighted by Gasteiger charge is -2.31. The number of nitrogens with two attached hydrogens (primary N) is 1. The van der Waals surface area contributed by atoms with Crippen LogP contribution >= 0.6 is 0 Å². The number of hydrogen-bond acceptors (Lipinski definition) is 3. The molecular formula is C15H28N2O3. The van der Waals surface area contributed by atoms with E-state index in [4.69, 9.17) is 5.73 Å². The van der Waals surface area contributed by atoms with Gasteiger partial charge in [0.25, 0.3) is 0 Å². The minimum absolute atomic E-state index is 0.185. The fraction of sp³-hybridized carbons (Fsp3) is 0.867. The molecule has 1 fully saturated rings. The zero-order valence-corrected chi connectivity index (χ0v) is 12.9. The first-order chi connectivity index (χ1) is 9.19. The Kier molecular flexibility index (Phi) is 5.57. The van der Waals surface area contributed by atoms with Crippen LogP contribution in [0, 0.1) is 10.8 Å². The lowest BCUT2D eigenvalue weighted by molar-refractivity contribution is -0.150. The van der Waals surface area contributed by atoms with Crippen molar-refractivity contribution in [2.75, 3.05) is 6.54 Å². The summed E-state index contributed by atoms with van der Waals surface area (Å²) < 4.78 is 0. The highest BCUT2D eigenvalue weighted by atomic mass is 16.4. The summed E-state index contributed by atoms with van der Waals surface area (Å²) in [7, 11) is 0. The number of aliphatic carboxylic acids is 1. The molecule has 0 aromatic carbocycles. The number of rotatable bonds is 4. The minimum Gasteiger partial charge on any atom is -0.481 e. The van der Waals surface area contributed by atoms with Crippen LogP contribution < -0.4 is 11.1 Å². The Morgan fingerprint density at radius 2 is 1.70 bits per heavy atom. The smallest absolute Gasteiger partial charge is 0.311 e. The number of carboxylic acids is 1. The van der Waals surface area contributed by atoms with Gasteiger partial charge in [0.15, 0.2) is 0 Å². The van der Waals surface area contributed by atoms with Crippen molar-refractivity contribution in [1.82, 2.24) is 5.32 Å². The second-order valence-electron chi connectivity index (χ2n) is 7.06. The van der Waals surface area contributed by atoms with Gasteiger partial charge < -0.3 is 16.2 Å². The maximum Gasteiger partial charge on any atom is 0.311 e. The third kappa shape index (κ3) is 4.20. The van der Waals surface area contributed by atoms with Crippen molar-refractivity contribution in [2.24, 2.45) is 16.6 Å². The zero-order chi connectivity index (χ0) is 15.4. The molecule has 5 heteroatoms. The molecule has 0 aliphatic heterocycles. The molecule has 4 N–H and O–H groups in total. The van der Waals surface area contributed by atoms with Crippen molar-refractivity contribution in [2.45, 2.75) is 65.3 Å². The van der Waals surface area contributed by atoms with E-state index < -0.39 is 17.4 Å². The summed E-state index contributed by atoms with van der Waals surface area (Å²) in [6.45, 7) is 5.88. The van der Waals surface area contributed by atoms with E-state index in [1.807, 2.05) is 20.8 Å². The molecule has 116 valence electrons. The van der Waals surface area contributed by atoms with E-state index in [2.05, 4.69) is 5.32 Å². The number of amides is 1. The van der Waals surface area contributed by atoms with E-state index in [9.17, 15) is 14.7 Å². The fourth-order valence-corrected chi connectivity index (χ4v) is 2.63. The SMILES string of the molecule is CC(C)(C)[C@@H](N)C(=O)NCC1(C(=O)O)CCCCCC1. The van der Waals surface area contributed by atoms with Gasteiger partial charge in [-0.1, -0.05) is 46.5 Å². The number of carbonyl (C=O) groups excluding carboxylic acids is 1. The predicted octanol–water partition coefficient (Wildman–Crippen LogP) is 1.90. The molecule has 1 amide bonds. The molecule has 1 aliphatic rings. The van der Waals surface area contributed by atoms with Gasteiger partial charge in [-0.15, -0.1) is 0 Å². The highest BCUT2D eigenvalue weighted by molar-refractivity contribution is 5.83. The van der Waals surface area contributed by atoms with Crippen LogP contribution in [0.2, 0.25) is 0 Å². The molecule has 20 heavy (non-hydrogen) atoms. The van der Waals surface area contributed by atoms with Crippen LogP contribution in [0.4, 0.5) is 0 Å². The summed E-state index contributed by atoms with van der Waals surface area (Å²) in [5, 5.41) is 12.3. The highest BCUT2D eigenvalue weighted by Gasteiger charge is 2.39. The quantitative estimate of drug-likeness (QED) is 0.687. The van der Waals surface area contributed by atoms with Crippen molar-refractivity contribution in [1.29, 1.82) is 0 Å². The first-order valence-electron chi connectivity index (χ1n) is 7.46. The third-order valence-corrected chi connectivity index (χ3v) is 4.33. The number of carbonyl (C=O) groups is 2. The van der Waals surface area contributed by atoms with Crippen LogP contribution in [0.5, 0.6) is 0 Å². The molecule has 0 heterocycles. The molecule has 0 aromatic heterocycles. The number of hydrogen-bond donors (Lipinski definition) is 3. The average molecular weight is 284 g/mol. The molecule has 0 radical (unpaired) electrons. The van der Waals surface area contributed by atoms with Crippen molar-refractivity contribution >= 4 is 11.9 Å². The van der Waals surface area contributed by atoms with Crippen LogP contribution in [-0.4, -0.2) is 29.6 Å². The molecule has 1 atom stereocenters. The van der Waals surface area contributed by atoms with Gasteiger partial charge in [0.05, 0.1) is 11.5 Å². The van der Waals surface area contributed by atoms with Gasteiger partial charge in [0.1, 0.15) is 0 Å². The van der Waals surface area contributed by atoms with E-state index in [-0.39, 0.29) is 17.9 Å². The molecule has 0 aromatic rings. The molecule has 0 unspecified atom stereocenters. The van der Waals surface area contributed by atoms with Gasteiger partial charge in [-0.05, 0) is 18.3 Å². The lowest BCUT2D eigenvalue weighted by Crippen LogP contribution is -2.52. The van der Waals surface area contributed by atoms with Crippen molar-refractivity contribution in [3.8, 4) is 0 Å². The Morgan fingerprint density at radius 3 is 2.10 bits per heavy atom. The predicted molar refractivity (Wildman–Crippen MR) is 78.2 cm³/mol. The number of nitrogens with one attached hydrogen (secondary N) is 1. The molecule has 1 rings (SSSR count). The molecule has 0 spiro atoms. The third-order valence-electron chi connectivity index (χ3n) is 4.33. The molecule has 0 saturated heterocycles. The van der Waals surface area contributed by atoms with Gasteiger partial charge in [0.2, 0.25) is 5.91 Å². The van der Waals surface area contributed by atoms with Crippen molar-refractivity contribution in [3.05, 3.63) is 0 Å². The Morgan fingerprint density at radius 1 is 1.20 bits per heavy atom. The van der Waals surface area contributed by atoms with Gasteiger partial charge in [-0.3, -0.25) is 9.59 Å². The summed E-state index contributed by atoms with van der Waals surface area (Å²) >= 11 is 0. The van der Waals surface area contributed by atoms with Gasteiger partial charge in [-0.25, -0.2) is 0 Å². The largest absolute Gasteiger partial charge is 0.481 e. The van der Waals surface area contributed by atoms with Crippen LogP contribution in [0.1, 0.15) is 59.3 Å².